The van der Waals surface area contributed by atoms with Crippen LogP contribution < -0.4 is 0 Å². The molecule has 140 valence electrons. The van der Waals surface area contributed by atoms with Gasteiger partial charge >= 0.3 is 0 Å². The van der Waals surface area contributed by atoms with E-state index in [1.165, 1.54) is 23.3 Å². The molecule has 0 nitrogen and oxygen atoms in total. The van der Waals surface area contributed by atoms with Crippen molar-refractivity contribution < 1.29 is 8.78 Å². The van der Waals surface area contributed by atoms with Crippen molar-refractivity contribution in [2.75, 3.05) is 0 Å². The second-order valence-corrected chi connectivity index (χ2v) is 7.39. The summed E-state index contributed by atoms with van der Waals surface area (Å²) in [5.74, 6) is 6.15. The quantitative estimate of drug-likeness (QED) is 0.470. The van der Waals surface area contributed by atoms with Gasteiger partial charge in [-0.25, -0.2) is 8.78 Å². The summed E-state index contributed by atoms with van der Waals surface area (Å²) in [5, 5.41) is 0. The van der Waals surface area contributed by atoms with E-state index in [1.54, 1.807) is 18.2 Å². The fourth-order valence-electron chi connectivity index (χ4n) is 3.90. The average Bonchev–Trinajstić information content (AvgIpc) is 2.72. The molecule has 0 N–H and O–H groups in total. The maximum atomic E-state index is 14.5. The summed E-state index contributed by atoms with van der Waals surface area (Å²) in [4.78, 5) is 0. The van der Waals surface area contributed by atoms with Crippen molar-refractivity contribution in [3.63, 3.8) is 0 Å². The molecule has 0 spiro atoms. The van der Waals surface area contributed by atoms with Crippen LogP contribution in [0.1, 0.15) is 52.6 Å². The SMILES string of the molecule is CCc1ccc(C2CCc3cc(C#Cc4ccc(F)cc4)ccc3C2)c(F)c1. The summed E-state index contributed by atoms with van der Waals surface area (Å²) in [6, 6.07) is 18.2. The zero-order chi connectivity index (χ0) is 19.5. The molecule has 1 aliphatic carbocycles. The Morgan fingerprint density at radius 2 is 1.61 bits per heavy atom. The molecule has 1 aliphatic rings. The second kappa shape index (κ2) is 7.98. The van der Waals surface area contributed by atoms with E-state index in [2.05, 4.69) is 24.0 Å². The Labute approximate surface area is 165 Å². The number of hydrogen-bond acceptors (Lipinski definition) is 0. The molecule has 4 rings (SSSR count). The summed E-state index contributed by atoms with van der Waals surface area (Å²) in [6.07, 6.45) is 3.60. The third-order valence-corrected chi connectivity index (χ3v) is 5.54. The molecule has 3 aromatic carbocycles. The Bertz CT molecular complexity index is 1050. The summed E-state index contributed by atoms with van der Waals surface area (Å²) in [5.41, 5.74) is 6.21. The first-order chi connectivity index (χ1) is 13.6. The number of benzene rings is 3. The Hall–Kier alpha value is -2.92. The number of fused-ring (bicyclic) bond motifs is 1. The highest BCUT2D eigenvalue weighted by atomic mass is 19.1. The molecule has 0 amide bonds. The molecule has 0 saturated carbocycles. The topological polar surface area (TPSA) is 0 Å². The van der Waals surface area contributed by atoms with Crippen LogP contribution in [0.5, 0.6) is 0 Å². The molecule has 1 atom stereocenters. The summed E-state index contributed by atoms with van der Waals surface area (Å²) in [7, 11) is 0. The minimum absolute atomic E-state index is 0.0745. The van der Waals surface area contributed by atoms with Gasteiger partial charge in [0.2, 0.25) is 0 Å². The van der Waals surface area contributed by atoms with Gasteiger partial charge in [0, 0.05) is 11.1 Å². The van der Waals surface area contributed by atoms with E-state index in [0.717, 1.165) is 47.9 Å². The highest BCUT2D eigenvalue weighted by Gasteiger charge is 2.22. The molecule has 3 aromatic rings. The van der Waals surface area contributed by atoms with E-state index >= 15 is 0 Å². The molecular formula is C26H22F2. The maximum Gasteiger partial charge on any atom is 0.126 e. The van der Waals surface area contributed by atoms with Crippen molar-refractivity contribution in [1.82, 2.24) is 0 Å². The van der Waals surface area contributed by atoms with Crippen LogP contribution in [-0.4, -0.2) is 0 Å². The first kappa shape index (κ1) is 18.4. The molecule has 1 unspecified atom stereocenters. The number of aryl methyl sites for hydroxylation is 2. The predicted octanol–water partition coefficient (Wildman–Crippen LogP) is 6.20. The molecule has 0 bridgehead atoms. The van der Waals surface area contributed by atoms with Gasteiger partial charge in [-0.3, -0.25) is 0 Å². The lowest BCUT2D eigenvalue weighted by atomic mass is 9.79. The lowest BCUT2D eigenvalue weighted by molar-refractivity contribution is 0.533. The monoisotopic (exact) mass is 372 g/mol. The molecule has 0 radical (unpaired) electrons. The Balaban J connectivity index is 1.53. The van der Waals surface area contributed by atoms with Crippen LogP contribution in [0.25, 0.3) is 0 Å². The standard InChI is InChI=1S/C26H22F2/c1-2-18-8-14-25(26(28)16-18)23-11-10-21-15-20(5-9-22(21)17-23)4-3-19-6-12-24(27)13-7-19/h5-9,12-16,23H,2,10-11,17H2,1H3. The van der Waals surface area contributed by atoms with E-state index in [9.17, 15) is 8.78 Å². The molecule has 2 heteroatoms. The highest BCUT2D eigenvalue weighted by molar-refractivity contribution is 5.47. The van der Waals surface area contributed by atoms with E-state index in [0.29, 0.717) is 0 Å². The molecule has 0 heterocycles. The minimum Gasteiger partial charge on any atom is -0.207 e. The van der Waals surface area contributed by atoms with E-state index < -0.39 is 0 Å². The molecule has 0 aromatic heterocycles. The molecule has 28 heavy (non-hydrogen) atoms. The van der Waals surface area contributed by atoms with Crippen LogP contribution in [0.3, 0.4) is 0 Å². The van der Waals surface area contributed by atoms with Gasteiger partial charge < -0.3 is 0 Å². The van der Waals surface area contributed by atoms with Gasteiger partial charge in [-0.05, 0) is 96.3 Å². The fraction of sp³-hybridized carbons (Fsp3) is 0.231. The van der Waals surface area contributed by atoms with Crippen LogP contribution in [0.4, 0.5) is 8.78 Å². The number of halogens is 2. The Kier molecular flexibility index (Phi) is 5.26. The second-order valence-electron chi connectivity index (χ2n) is 7.39. The molecule has 0 fully saturated rings. The minimum atomic E-state index is -0.255. The largest absolute Gasteiger partial charge is 0.207 e. The third-order valence-electron chi connectivity index (χ3n) is 5.54. The lowest BCUT2D eigenvalue weighted by Gasteiger charge is -2.25. The van der Waals surface area contributed by atoms with Crippen molar-refractivity contribution in [2.45, 2.75) is 38.5 Å². The number of hydrogen-bond donors (Lipinski definition) is 0. The van der Waals surface area contributed by atoms with Gasteiger partial charge in [0.1, 0.15) is 11.6 Å². The van der Waals surface area contributed by atoms with Gasteiger partial charge in [-0.1, -0.05) is 37.0 Å². The number of rotatable bonds is 2. The maximum absolute atomic E-state index is 14.5. The Morgan fingerprint density at radius 3 is 2.36 bits per heavy atom. The zero-order valence-corrected chi connectivity index (χ0v) is 15.9. The van der Waals surface area contributed by atoms with E-state index in [1.807, 2.05) is 25.1 Å². The van der Waals surface area contributed by atoms with Crippen LogP contribution in [0.15, 0.2) is 60.7 Å². The first-order valence-corrected chi connectivity index (χ1v) is 9.80. The van der Waals surface area contributed by atoms with Crippen molar-refractivity contribution >= 4 is 0 Å². The predicted molar refractivity (Wildman–Crippen MR) is 109 cm³/mol. The van der Waals surface area contributed by atoms with Crippen LogP contribution in [0.2, 0.25) is 0 Å². The first-order valence-electron chi connectivity index (χ1n) is 9.80. The highest BCUT2D eigenvalue weighted by Crippen LogP contribution is 2.34. The van der Waals surface area contributed by atoms with Gasteiger partial charge in [0.05, 0.1) is 0 Å². The van der Waals surface area contributed by atoms with Crippen molar-refractivity contribution in [3.05, 3.63) is 106 Å². The summed E-state index contributed by atoms with van der Waals surface area (Å²) >= 11 is 0. The van der Waals surface area contributed by atoms with E-state index in [4.69, 9.17) is 0 Å². The summed E-state index contributed by atoms with van der Waals surface area (Å²) < 4.78 is 27.5. The van der Waals surface area contributed by atoms with E-state index in [-0.39, 0.29) is 17.6 Å². The van der Waals surface area contributed by atoms with Gasteiger partial charge in [-0.2, -0.15) is 0 Å². The zero-order valence-electron chi connectivity index (χ0n) is 15.9. The third kappa shape index (κ3) is 3.99. The van der Waals surface area contributed by atoms with Crippen molar-refractivity contribution in [3.8, 4) is 11.8 Å². The summed E-state index contributed by atoms with van der Waals surface area (Å²) in [6.45, 7) is 2.04. The van der Waals surface area contributed by atoms with Crippen molar-refractivity contribution in [2.24, 2.45) is 0 Å². The van der Waals surface area contributed by atoms with Gasteiger partial charge in [0.25, 0.3) is 0 Å². The van der Waals surface area contributed by atoms with Gasteiger partial charge in [0.15, 0.2) is 0 Å². The van der Waals surface area contributed by atoms with Crippen LogP contribution >= 0.6 is 0 Å². The smallest absolute Gasteiger partial charge is 0.126 e. The van der Waals surface area contributed by atoms with Crippen LogP contribution in [0, 0.1) is 23.5 Å². The van der Waals surface area contributed by atoms with Crippen LogP contribution in [-0.2, 0) is 19.3 Å². The molecular weight excluding hydrogens is 350 g/mol. The molecule has 0 aliphatic heterocycles. The fourth-order valence-corrected chi connectivity index (χ4v) is 3.90. The van der Waals surface area contributed by atoms with Crippen molar-refractivity contribution in [1.29, 1.82) is 0 Å². The molecule has 0 saturated heterocycles. The normalized spacial score (nSPS) is 15.5. The Morgan fingerprint density at radius 1 is 0.857 bits per heavy atom. The lowest BCUT2D eigenvalue weighted by Crippen LogP contribution is -2.14. The van der Waals surface area contributed by atoms with Gasteiger partial charge in [-0.15, -0.1) is 0 Å². The average molecular weight is 372 g/mol.